The number of unbranched alkanes of at least 4 members (excludes halogenated alkanes) is 1. The van der Waals surface area contributed by atoms with E-state index in [0.717, 1.165) is 18.4 Å². The first-order chi connectivity index (χ1) is 8.95. The molecule has 1 aromatic carbocycles. The van der Waals surface area contributed by atoms with Gasteiger partial charge in [-0.05, 0) is 31.0 Å². The largest absolute Gasteiger partial charge is 0.370 e. The summed E-state index contributed by atoms with van der Waals surface area (Å²) in [6, 6.07) is 4.07. The molecule has 0 radical (unpaired) electrons. The smallest absolute Gasteiger partial charge is 0.328 e. The molecule has 0 bridgehead atoms. The highest BCUT2D eigenvalue weighted by molar-refractivity contribution is 6.02. The first-order valence-electron chi connectivity index (χ1n) is 6.14. The molecule has 2 amide bonds. The van der Waals surface area contributed by atoms with Gasteiger partial charge in [0.25, 0.3) is 0 Å². The summed E-state index contributed by atoms with van der Waals surface area (Å²) in [4.78, 5) is 13.2. The van der Waals surface area contributed by atoms with Gasteiger partial charge in [0.2, 0.25) is 0 Å². The number of hydrogen-bond acceptors (Lipinski definition) is 2. The van der Waals surface area contributed by atoms with E-state index in [1.807, 2.05) is 6.92 Å². The SMILES string of the molecule is CCCCN(C(=O)NC(=N)N)c1ccc(C)cc1F. The number of carbonyl (C=O) groups is 1. The molecule has 104 valence electrons. The molecule has 0 atom stereocenters. The fourth-order valence-corrected chi connectivity index (χ4v) is 1.66. The van der Waals surface area contributed by atoms with Gasteiger partial charge in [-0.3, -0.25) is 15.6 Å². The summed E-state index contributed by atoms with van der Waals surface area (Å²) in [6.45, 7) is 4.13. The van der Waals surface area contributed by atoms with Crippen LogP contribution in [0.3, 0.4) is 0 Å². The van der Waals surface area contributed by atoms with Crippen molar-refractivity contribution in [2.75, 3.05) is 11.4 Å². The van der Waals surface area contributed by atoms with Gasteiger partial charge in [-0.15, -0.1) is 0 Å². The molecule has 0 unspecified atom stereocenters. The molecule has 0 aliphatic carbocycles. The lowest BCUT2D eigenvalue weighted by Crippen LogP contribution is -2.46. The minimum absolute atomic E-state index is 0.192. The van der Waals surface area contributed by atoms with Crippen LogP contribution in [0.4, 0.5) is 14.9 Å². The average Bonchev–Trinajstić information content (AvgIpc) is 2.31. The molecule has 1 rings (SSSR count). The Labute approximate surface area is 112 Å². The van der Waals surface area contributed by atoms with Crippen molar-refractivity contribution in [3.8, 4) is 0 Å². The molecule has 0 saturated heterocycles. The second-order valence-corrected chi connectivity index (χ2v) is 4.30. The molecule has 0 aliphatic heterocycles. The van der Waals surface area contributed by atoms with Gasteiger partial charge in [0.05, 0.1) is 5.69 Å². The molecular weight excluding hydrogens is 247 g/mol. The zero-order chi connectivity index (χ0) is 14.4. The van der Waals surface area contributed by atoms with Crippen molar-refractivity contribution >= 4 is 17.7 Å². The van der Waals surface area contributed by atoms with E-state index in [4.69, 9.17) is 11.1 Å². The quantitative estimate of drug-likeness (QED) is 0.577. The first-order valence-corrected chi connectivity index (χ1v) is 6.14. The van der Waals surface area contributed by atoms with E-state index in [0.29, 0.717) is 6.54 Å². The molecule has 5 nitrogen and oxygen atoms in total. The van der Waals surface area contributed by atoms with Crippen LogP contribution in [0.5, 0.6) is 0 Å². The molecule has 0 aliphatic rings. The van der Waals surface area contributed by atoms with Crippen LogP contribution in [0.25, 0.3) is 0 Å². The number of nitrogens with two attached hydrogens (primary N) is 1. The number of rotatable bonds is 4. The van der Waals surface area contributed by atoms with Gasteiger partial charge in [0.15, 0.2) is 5.96 Å². The number of guanidine groups is 1. The highest BCUT2D eigenvalue weighted by Gasteiger charge is 2.19. The number of hydrogen-bond donors (Lipinski definition) is 3. The molecule has 0 spiro atoms. The maximum absolute atomic E-state index is 13.9. The predicted octanol–water partition coefficient (Wildman–Crippen LogP) is 2.34. The number of urea groups is 1. The van der Waals surface area contributed by atoms with Crippen LogP contribution in [0.2, 0.25) is 0 Å². The van der Waals surface area contributed by atoms with Crippen molar-refractivity contribution in [3.63, 3.8) is 0 Å². The Morgan fingerprint density at radius 1 is 1.53 bits per heavy atom. The summed E-state index contributed by atoms with van der Waals surface area (Å²) in [5.41, 5.74) is 6.10. The van der Waals surface area contributed by atoms with Gasteiger partial charge >= 0.3 is 6.03 Å². The Bertz CT molecular complexity index is 476. The summed E-state index contributed by atoms with van der Waals surface area (Å²) in [5, 5.41) is 9.24. The Balaban J connectivity index is 3.01. The van der Waals surface area contributed by atoms with E-state index in [1.54, 1.807) is 19.1 Å². The van der Waals surface area contributed by atoms with Crippen LogP contribution >= 0.6 is 0 Å². The third-order valence-corrected chi connectivity index (χ3v) is 2.62. The molecule has 19 heavy (non-hydrogen) atoms. The predicted molar refractivity (Wildman–Crippen MR) is 73.8 cm³/mol. The summed E-state index contributed by atoms with van der Waals surface area (Å²) >= 11 is 0. The second kappa shape index (κ2) is 6.72. The lowest BCUT2D eigenvalue weighted by Gasteiger charge is -2.23. The number of benzene rings is 1. The molecule has 4 N–H and O–H groups in total. The van der Waals surface area contributed by atoms with Crippen LogP contribution in [-0.2, 0) is 0 Å². The van der Waals surface area contributed by atoms with Crippen molar-refractivity contribution in [1.82, 2.24) is 5.32 Å². The zero-order valence-corrected chi connectivity index (χ0v) is 11.2. The Morgan fingerprint density at radius 3 is 2.74 bits per heavy atom. The maximum Gasteiger partial charge on any atom is 0.328 e. The van der Waals surface area contributed by atoms with Gasteiger partial charge in [-0.1, -0.05) is 19.4 Å². The van der Waals surface area contributed by atoms with Crippen LogP contribution in [0, 0.1) is 18.2 Å². The summed E-state index contributed by atoms with van der Waals surface area (Å²) in [5.74, 6) is -0.922. The van der Waals surface area contributed by atoms with E-state index >= 15 is 0 Å². The monoisotopic (exact) mass is 266 g/mol. The standard InChI is InChI=1S/C13H19FN4O/c1-3-4-7-18(13(19)17-12(15)16)11-6-5-9(2)8-10(11)14/h5-6,8H,3-4,7H2,1-2H3,(H4,15,16,17,19). The Morgan fingerprint density at radius 2 is 2.21 bits per heavy atom. The number of carbonyl (C=O) groups excluding carboxylic acids is 1. The number of halogens is 1. The van der Waals surface area contributed by atoms with Crippen LogP contribution in [-0.4, -0.2) is 18.5 Å². The molecule has 0 heterocycles. The maximum atomic E-state index is 13.9. The van der Waals surface area contributed by atoms with Crippen LogP contribution in [0.1, 0.15) is 25.3 Å². The van der Waals surface area contributed by atoms with E-state index < -0.39 is 17.8 Å². The van der Waals surface area contributed by atoms with Crippen molar-refractivity contribution in [2.45, 2.75) is 26.7 Å². The number of aryl methyl sites for hydroxylation is 1. The van der Waals surface area contributed by atoms with Crippen molar-refractivity contribution in [3.05, 3.63) is 29.6 Å². The Kier molecular flexibility index (Phi) is 5.29. The summed E-state index contributed by atoms with van der Waals surface area (Å²) < 4.78 is 13.9. The molecule has 6 heteroatoms. The fraction of sp³-hybridized carbons (Fsp3) is 0.385. The number of nitrogens with one attached hydrogen (secondary N) is 2. The van der Waals surface area contributed by atoms with E-state index in [1.165, 1.54) is 11.0 Å². The van der Waals surface area contributed by atoms with Gasteiger partial charge in [-0.2, -0.15) is 0 Å². The normalized spacial score (nSPS) is 10.1. The number of anilines is 1. The molecule has 0 aromatic heterocycles. The minimum Gasteiger partial charge on any atom is -0.370 e. The fourth-order valence-electron chi connectivity index (χ4n) is 1.66. The molecule has 0 saturated carbocycles. The van der Waals surface area contributed by atoms with Gasteiger partial charge in [0, 0.05) is 6.54 Å². The topological polar surface area (TPSA) is 82.2 Å². The number of nitrogens with zero attached hydrogens (tertiary/aromatic N) is 1. The molecule has 1 aromatic rings. The van der Waals surface area contributed by atoms with Gasteiger partial charge in [0.1, 0.15) is 5.82 Å². The van der Waals surface area contributed by atoms with Crippen molar-refractivity contribution < 1.29 is 9.18 Å². The van der Waals surface area contributed by atoms with Gasteiger partial charge < -0.3 is 5.73 Å². The minimum atomic E-state index is -0.594. The van der Waals surface area contributed by atoms with Crippen molar-refractivity contribution in [2.24, 2.45) is 5.73 Å². The third-order valence-electron chi connectivity index (χ3n) is 2.62. The molecule has 0 fully saturated rings. The first kappa shape index (κ1) is 14.9. The van der Waals surface area contributed by atoms with Crippen molar-refractivity contribution in [1.29, 1.82) is 5.41 Å². The van der Waals surface area contributed by atoms with E-state index in [-0.39, 0.29) is 5.69 Å². The van der Waals surface area contributed by atoms with Crippen LogP contribution in [0.15, 0.2) is 18.2 Å². The number of amides is 2. The highest BCUT2D eigenvalue weighted by atomic mass is 19.1. The van der Waals surface area contributed by atoms with Gasteiger partial charge in [-0.25, -0.2) is 9.18 Å². The lowest BCUT2D eigenvalue weighted by molar-refractivity contribution is 0.250. The highest BCUT2D eigenvalue weighted by Crippen LogP contribution is 2.21. The van der Waals surface area contributed by atoms with E-state index in [9.17, 15) is 9.18 Å². The Hall–Kier alpha value is -2.11. The van der Waals surface area contributed by atoms with E-state index in [2.05, 4.69) is 5.32 Å². The second-order valence-electron chi connectivity index (χ2n) is 4.30. The lowest BCUT2D eigenvalue weighted by atomic mass is 10.2. The molecular formula is C13H19FN4O. The van der Waals surface area contributed by atoms with Crippen LogP contribution < -0.4 is 16.0 Å². The average molecular weight is 266 g/mol. The summed E-state index contributed by atoms with van der Waals surface area (Å²) in [7, 11) is 0. The summed E-state index contributed by atoms with van der Waals surface area (Å²) in [6.07, 6.45) is 1.61. The third kappa shape index (κ3) is 4.24. The zero-order valence-electron chi connectivity index (χ0n) is 11.2.